The lowest BCUT2D eigenvalue weighted by Gasteiger charge is -2.35. The van der Waals surface area contributed by atoms with Crippen LogP contribution in [0, 0.1) is 0 Å². The van der Waals surface area contributed by atoms with Gasteiger partial charge in [-0.1, -0.05) is 37.6 Å². The van der Waals surface area contributed by atoms with Gasteiger partial charge in [-0.15, -0.1) is 0 Å². The number of nitrogens with zero attached hydrogens (tertiary/aromatic N) is 1. The number of carbonyl (C=O) groups excluding carboxylic acids is 1. The first-order valence-corrected chi connectivity index (χ1v) is 7.73. The molecule has 0 amide bonds. The maximum absolute atomic E-state index is 12.3. The van der Waals surface area contributed by atoms with Crippen LogP contribution >= 0.6 is 0 Å². The number of carbonyl (C=O) groups is 1. The van der Waals surface area contributed by atoms with Crippen LogP contribution in [-0.4, -0.2) is 54.2 Å². The Morgan fingerprint density at radius 2 is 2.05 bits per heavy atom. The van der Waals surface area contributed by atoms with E-state index >= 15 is 0 Å². The maximum atomic E-state index is 12.3. The van der Waals surface area contributed by atoms with Gasteiger partial charge in [0.2, 0.25) is 0 Å². The summed E-state index contributed by atoms with van der Waals surface area (Å²) in [5.41, 5.74) is 2.03. The second kappa shape index (κ2) is 7.69. The van der Waals surface area contributed by atoms with Crippen molar-refractivity contribution in [2.75, 3.05) is 26.2 Å². The van der Waals surface area contributed by atoms with Gasteiger partial charge >= 0.3 is 0 Å². The van der Waals surface area contributed by atoms with E-state index in [0.717, 1.165) is 24.9 Å². The monoisotopic (exact) mass is 291 g/mol. The number of Topliss-reactive ketones (excluding diaryl/α,β-unsaturated/α-hetero) is 1. The molecule has 4 nitrogen and oxygen atoms in total. The Labute approximate surface area is 126 Å². The minimum absolute atomic E-state index is 0.000739. The number of ether oxygens (including phenoxy) is 1. The van der Waals surface area contributed by atoms with Crippen molar-refractivity contribution in [2.45, 2.75) is 38.9 Å². The van der Waals surface area contributed by atoms with Crippen LogP contribution in [0.3, 0.4) is 0 Å². The van der Waals surface area contributed by atoms with Crippen molar-refractivity contribution < 1.29 is 14.6 Å². The minimum Gasteiger partial charge on any atom is -0.394 e. The highest BCUT2D eigenvalue weighted by Gasteiger charge is 2.26. The molecule has 1 heterocycles. The Balaban J connectivity index is 1.94. The minimum atomic E-state index is -0.187. The molecule has 1 N–H and O–H groups in total. The SMILES string of the molecule is CCCc1ccc(C(=O)CN2CC(C)OC(CO)C2)cc1. The molecule has 2 rings (SSSR count). The molecule has 1 aliphatic heterocycles. The Morgan fingerprint density at radius 3 is 2.67 bits per heavy atom. The zero-order valence-electron chi connectivity index (χ0n) is 12.9. The summed E-state index contributed by atoms with van der Waals surface area (Å²) >= 11 is 0. The highest BCUT2D eigenvalue weighted by molar-refractivity contribution is 5.97. The average Bonchev–Trinajstić information content (AvgIpc) is 2.47. The van der Waals surface area contributed by atoms with Crippen LogP contribution in [-0.2, 0) is 11.2 Å². The van der Waals surface area contributed by atoms with Crippen molar-refractivity contribution in [3.8, 4) is 0 Å². The number of rotatable bonds is 6. The molecule has 0 saturated carbocycles. The summed E-state index contributed by atoms with van der Waals surface area (Å²) in [4.78, 5) is 14.4. The largest absolute Gasteiger partial charge is 0.394 e. The van der Waals surface area contributed by atoms with Crippen molar-refractivity contribution in [2.24, 2.45) is 0 Å². The number of morpholine rings is 1. The topological polar surface area (TPSA) is 49.8 Å². The fourth-order valence-electron chi connectivity index (χ4n) is 2.81. The van der Waals surface area contributed by atoms with Crippen LogP contribution in [0.1, 0.15) is 36.2 Å². The summed E-state index contributed by atoms with van der Waals surface area (Å²) < 4.78 is 5.59. The fourth-order valence-corrected chi connectivity index (χ4v) is 2.81. The summed E-state index contributed by atoms with van der Waals surface area (Å²) in [6.45, 7) is 5.85. The lowest BCUT2D eigenvalue weighted by atomic mass is 10.0. The van der Waals surface area contributed by atoms with Gasteiger partial charge in [0.15, 0.2) is 5.78 Å². The first kappa shape index (κ1) is 16.1. The van der Waals surface area contributed by atoms with Crippen molar-refractivity contribution in [3.63, 3.8) is 0 Å². The molecule has 0 aromatic heterocycles. The molecule has 1 saturated heterocycles. The van der Waals surface area contributed by atoms with Crippen LogP contribution in [0.2, 0.25) is 0 Å². The molecule has 2 atom stereocenters. The highest BCUT2D eigenvalue weighted by Crippen LogP contribution is 2.13. The van der Waals surface area contributed by atoms with E-state index in [-0.39, 0.29) is 24.6 Å². The Kier molecular flexibility index (Phi) is 5.91. The average molecular weight is 291 g/mol. The van der Waals surface area contributed by atoms with E-state index in [2.05, 4.69) is 11.8 Å². The van der Waals surface area contributed by atoms with Crippen molar-refractivity contribution in [1.82, 2.24) is 4.90 Å². The number of ketones is 1. The van der Waals surface area contributed by atoms with Gasteiger partial charge in [0.05, 0.1) is 25.4 Å². The van der Waals surface area contributed by atoms with Crippen molar-refractivity contribution in [1.29, 1.82) is 0 Å². The number of aliphatic hydroxyl groups excluding tert-OH is 1. The third kappa shape index (κ3) is 4.63. The van der Waals surface area contributed by atoms with E-state index in [1.165, 1.54) is 5.56 Å². The molecule has 116 valence electrons. The van der Waals surface area contributed by atoms with E-state index in [9.17, 15) is 9.90 Å². The van der Waals surface area contributed by atoms with Crippen LogP contribution < -0.4 is 0 Å². The molecule has 1 aromatic rings. The van der Waals surface area contributed by atoms with E-state index in [1.807, 2.05) is 31.2 Å². The molecule has 4 heteroatoms. The van der Waals surface area contributed by atoms with Crippen LogP contribution in [0.4, 0.5) is 0 Å². The lowest BCUT2D eigenvalue weighted by molar-refractivity contribution is -0.0926. The Hall–Kier alpha value is -1.23. The molecule has 1 aromatic carbocycles. The molecular formula is C17H25NO3. The molecular weight excluding hydrogens is 266 g/mol. The number of hydrogen-bond donors (Lipinski definition) is 1. The predicted octanol–water partition coefficient (Wildman–Crippen LogP) is 1.90. The zero-order valence-corrected chi connectivity index (χ0v) is 12.9. The van der Waals surface area contributed by atoms with E-state index < -0.39 is 0 Å². The first-order valence-electron chi connectivity index (χ1n) is 7.73. The van der Waals surface area contributed by atoms with Crippen LogP contribution in [0.25, 0.3) is 0 Å². The molecule has 0 spiro atoms. The van der Waals surface area contributed by atoms with Gasteiger partial charge in [-0.2, -0.15) is 0 Å². The molecule has 2 unspecified atom stereocenters. The van der Waals surface area contributed by atoms with Gasteiger partial charge in [-0.05, 0) is 18.9 Å². The van der Waals surface area contributed by atoms with Gasteiger partial charge in [0, 0.05) is 18.7 Å². The molecule has 0 aliphatic carbocycles. The molecule has 0 bridgehead atoms. The third-order valence-corrected chi connectivity index (χ3v) is 3.79. The highest BCUT2D eigenvalue weighted by atomic mass is 16.5. The van der Waals surface area contributed by atoms with E-state index in [1.54, 1.807) is 0 Å². The number of aryl methyl sites for hydroxylation is 1. The number of benzene rings is 1. The zero-order chi connectivity index (χ0) is 15.2. The van der Waals surface area contributed by atoms with Gasteiger partial charge in [-0.3, -0.25) is 9.69 Å². The van der Waals surface area contributed by atoms with E-state index in [0.29, 0.717) is 13.1 Å². The number of aliphatic hydroxyl groups is 1. The summed E-state index contributed by atoms with van der Waals surface area (Å²) in [6.07, 6.45) is 2.03. The second-order valence-corrected chi connectivity index (χ2v) is 5.82. The Bertz CT molecular complexity index is 458. The first-order chi connectivity index (χ1) is 10.1. The van der Waals surface area contributed by atoms with Crippen molar-refractivity contribution in [3.05, 3.63) is 35.4 Å². The smallest absolute Gasteiger partial charge is 0.176 e. The van der Waals surface area contributed by atoms with Crippen LogP contribution in [0.15, 0.2) is 24.3 Å². The van der Waals surface area contributed by atoms with Gasteiger partial charge in [0.1, 0.15) is 0 Å². The predicted molar refractivity (Wildman–Crippen MR) is 82.6 cm³/mol. The third-order valence-electron chi connectivity index (χ3n) is 3.79. The van der Waals surface area contributed by atoms with Crippen LogP contribution in [0.5, 0.6) is 0 Å². The summed E-state index contributed by atoms with van der Waals surface area (Å²) in [5.74, 6) is 0.129. The quantitative estimate of drug-likeness (QED) is 0.813. The lowest BCUT2D eigenvalue weighted by Crippen LogP contribution is -2.49. The summed E-state index contributed by atoms with van der Waals surface area (Å²) in [6, 6.07) is 7.91. The van der Waals surface area contributed by atoms with Gasteiger partial charge in [0.25, 0.3) is 0 Å². The second-order valence-electron chi connectivity index (χ2n) is 5.82. The normalized spacial score (nSPS) is 23.2. The van der Waals surface area contributed by atoms with E-state index in [4.69, 9.17) is 4.74 Å². The molecule has 0 radical (unpaired) electrons. The molecule has 21 heavy (non-hydrogen) atoms. The fraction of sp³-hybridized carbons (Fsp3) is 0.588. The van der Waals surface area contributed by atoms with Gasteiger partial charge in [-0.25, -0.2) is 0 Å². The summed E-state index contributed by atoms with van der Waals surface area (Å²) in [5, 5.41) is 9.22. The molecule has 1 fully saturated rings. The number of hydrogen-bond acceptors (Lipinski definition) is 4. The van der Waals surface area contributed by atoms with Crippen molar-refractivity contribution >= 4 is 5.78 Å². The summed E-state index contributed by atoms with van der Waals surface area (Å²) in [7, 11) is 0. The Morgan fingerprint density at radius 1 is 1.33 bits per heavy atom. The maximum Gasteiger partial charge on any atom is 0.176 e. The van der Waals surface area contributed by atoms with Gasteiger partial charge < -0.3 is 9.84 Å². The molecule has 1 aliphatic rings. The standard InChI is InChI=1S/C17H25NO3/c1-3-4-14-5-7-15(8-6-14)17(20)11-18-9-13(2)21-16(10-18)12-19/h5-8,13,16,19H,3-4,9-12H2,1-2H3.